The first-order chi connectivity index (χ1) is 14.2. The molecule has 6 atom stereocenters. The summed E-state index contributed by atoms with van der Waals surface area (Å²) < 4.78 is 49.4. The van der Waals surface area contributed by atoms with Crippen LogP contribution < -0.4 is 5.73 Å². The molecule has 3 heterocycles. The van der Waals surface area contributed by atoms with E-state index in [1.165, 1.54) is 10.9 Å². The van der Waals surface area contributed by atoms with Crippen molar-refractivity contribution < 1.29 is 57.1 Å². The van der Waals surface area contributed by atoms with Crippen LogP contribution in [0, 0.1) is 0 Å². The normalized spacial score (nSPS) is 28.5. The molecule has 3 rings (SSSR count). The SMILES string of the molecule is Nc1ncnc2c1ncn2[C@@H]1O[C@H](COP(=O)(O)OP(=O)(O)CP(=O)(O)O)[C@H](O)C1O. The zero-order valence-corrected chi connectivity index (χ0v) is 17.9. The van der Waals surface area contributed by atoms with Crippen molar-refractivity contribution in [3.8, 4) is 0 Å². The van der Waals surface area contributed by atoms with Gasteiger partial charge in [0.05, 0.1) is 12.9 Å². The zero-order chi connectivity index (χ0) is 23.2. The summed E-state index contributed by atoms with van der Waals surface area (Å²) in [7, 11) is -15.6. The Kier molecular flexibility index (Phi) is 6.71. The monoisotopic (exact) mass is 505 g/mol. The Hall–Kier alpha value is -1.32. The number of hydrogen-bond acceptors (Lipinski definition) is 12. The van der Waals surface area contributed by atoms with Gasteiger partial charge in [-0.3, -0.25) is 18.2 Å². The summed E-state index contributed by atoms with van der Waals surface area (Å²) in [6, 6.07) is 0. The molecule has 0 bridgehead atoms. The van der Waals surface area contributed by atoms with Gasteiger partial charge in [-0.2, -0.15) is 0 Å². The summed E-state index contributed by atoms with van der Waals surface area (Å²) in [6.45, 7) is -0.901. The van der Waals surface area contributed by atoms with Crippen LogP contribution in [0.2, 0.25) is 0 Å². The zero-order valence-electron chi connectivity index (χ0n) is 15.2. The molecule has 1 saturated heterocycles. The van der Waals surface area contributed by atoms with E-state index in [2.05, 4.69) is 23.8 Å². The topological polar surface area (TPSA) is 270 Å². The van der Waals surface area contributed by atoms with Crippen LogP contribution in [0.5, 0.6) is 0 Å². The van der Waals surface area contributed by atoms with Crippen molar-refractivity contribution in [3.63, 3.8) is 0 Å². The fourth-order valence-corrected chi connectivity index (χ4v) is 7.11. The van der Waals surface area contributed by atoms with Gasteiger partial charge in [-0.15, -0.1) is 0 Å². The molecule has 8 N–H and O–H groups in total. The maximum atomic E-state index is 11.9. The van der Waals surface area contributed by atoms with Crippen LogP contribution in [0.4, 0.5) is 5.82 Å². The van der Waals surface area contributed by atoms with Crippen molar-refractivity contribution in [1.29, 1.82) is 0 Å². The molecular formula is C11H18N5O12P3. The Labute approximate surface area is 172 Å². The smallest absolute Gasteiger partial charge is 0.387 e. The Bertz CT molecular complexity index is 1110. The number of nitrogens with two attached hydrogens (primary N) is 1. The molecule has 0 aromatic carbocycles. The third-order valence-electron chi connectivity index (χ3n) is 3.99. The first kappa shape index (κ1) is 24.3. The number of phosphoric acid groups is 1. The van der Waals surface area contributed by atoms with Crippen LogP contribution in [0.15, 0.2) is 12.7 Å². The molecule has 2 aromatic heterocycles. The average molecular weight is 505 g/mol. The van der Waals surface area contributed by atoms with E-state index in [4.69, 9.17) is 20.3 Å². The number of rotatable bonds is 8. The van der Waals surface area contributed by atoms with Crippen molar-refractivity contribution in [2.75, 3.05) is 18.2 Å². The van der Waals surface area contributed by atoms with E-state index in [-0.39, 0.29) is 17.0 Å². The van der Waals surface area contributed by atoms with Crippen LogP contribution in [0.3, 0.4) is 0 Å². The lowest BCUT2D eigenvalue weighted by atomic mass is 10.1. The fraction of sp³-hybridized carbons (Fsp3) is 0.545. The van der Waals surface area contributed by atoms with E-state index in [0.29, 0.717) is 0 Å². The molecule has 0 amide bonds. The fourth-order valence-electron chi connectivity index (χ4n) is 2.76. The van der Waals surface area contributed by atoms with Gasteiger partial charge in [0.25, 0.3) is 0 Å². The lowest BCUT2D eigenvalue weighted by Crippen LogP contribution is -2.33. The molecule has 1 aliphatic rings. The minimum absolute atomic E-state index is 0.0544. The molecule has 0 saturated carbocycles. The van der Waals surface area contributed by atoms with Gasteiger partial charge >= 0.3 is 23.0 Å². The molecule has 0 radical (unpaired) electrons. The highest BCUT2D eigenvalue weighted by molar-refractivity contribution is 7.73. The summed E-state index contributed by atoms with van der Waals surface area (Å²) in [6.07, 6.45) is -3.54. The van der Waals surface area contributed by atoms with Crippen LogP contribution in [-0.2, 0) is 27.3 Å². The number of fused-ring (bicyclic) bond motifs is 1. The number of aromatic nitrogens is 4. The first-order valence-corrected chi connectivity index (χ1v) is 13.2. The number of imidazole rings is 1. The number of phosphoric ester groups is 1. The predicted molar refractivity (Wildman–Crippen MR) is 99.3 cm³/mol. The highest BCUT2D eigenvalue weighted by atomic mass is 31.3. The summed E-state index contributed by atoms with van der Waals surface area (Å²) in [5.74, 6) is -1.66. The summed E-state index contributed by atoms with van der Waals surface area (Å²) in [4.78, 5) is 48.0. The second kappa shape index (κ2) is 8.56. The summed E-state index contributed by atoms with van der Waals surface area (Å²) >= 11 is 0. The van der Waals surface area contributed by atoms with Crippen LogP contribution in [0.1, 0.15) is 6.23 Å². The second-order valence-electron chi connectivity index (χ2n) is 6.42. The highest BCUT2D eigenvalue weighted by Crippen LogP contribution is 2.65. The summed E-state index contributed by atoms with van der Waals surface area (Å²) in [5, 5.41) is 20.5. The predicted octanol–water partition coefficient (Wildman–Crippen LogP) is -1.52. The molecule has 31 heavy (non-hydrogen) atoms. The number of aliphatic hydroxyl groups is 2. The average Bonchev–Trinajstić information content (AvgIpc) is 3.13. The number of nitrogen functional groups attached to an aromatic ring is 1. The lowest BCUT2D eigenvalue weighted by molar-refractivity contribution is -0.0501. The van der Waals surface area contributed by atoms with Gasteiger partial charge < -0.3 is 40.3 Å². The standard InChI is InChI=1S/C11H18N5O12P3/c12-9-6-10(14-2-13-9)16(3-15-6)11-8(18)7(17)5(27-11)1-26-31(24,25)28-30(22,23)4-29(19,20)21/h2-3,5,7-8,11,17-18H,1,4H2,(H,22,23)(H,24,25)(H2,12,13,14)(H2,19,20,21)/t5-,7+,8?,11-/m1/s1. The van der Waals surface area contributed by atoms with Gasteiger partial charge in [-0.1, -0.05) is 0 Å². The number of nitrogens with zero attached hydrogens (tertiary/aromatic N) is 4. The molecule has 17 nitrogen and oxygen atoms in total. The van der Waals surface area contributed by atoms with Crippen molar-refractivity contribution in [2.24, 2.45) is 0 Å². The quantitative estimate of drug-likeness (QED) is 0.201. The molecule has 0 aliphatic carbocycles. The molecule has 3 unspecified atom stereocenters. The van der Waals surface area contributed by atoms with Crippen molar-refractivity contribution in [2.45, 2.75) is 24.5 Å². The number of anilines is 1. The lowest BCUT2D eigenvalue weighted by Gasteiger charge is -2.19. The van der Waals surface area contributed by atoms with E-state index >= 15 is 0 Å². The van der Waals surface area contributed by atoms with Gasteiger partial charge in [0.2, 0.25) is 0 Å². The van der Waals surface area contributed by atoms with Crippen LogP contribution >= 0.6 is 23.0 Å². The Balaban J connectivity index is 1.69. The van der Waals surface area contributed by atoms with Gasteiger partial charge in [0.15, 0.2) is 23.6 Å². The minimum Gasteiger partial charge on any atom is -0.387 e. The highest BCUT2D eigenvalue weighted by Gasteiger charge is 2.46. The number of ether oxygens (including phenoxy) is 1. The van der Waals surface area contributed by atoms with E-state index < -0.39 is 60.1 Å². The molecule has 1 aliphatic heterocycles. The van der Waals surface area contributed by atoms with Crippen LogP contribution in [0.25, 0.3) is 11.2 Å². The van der Waals surface area contributed by atoms with Gasteiger partial charge in [-0.05, 0) is 0 Å². The largest absolute Gasteiger partial charge is 0.479 e. The van der Waals surface area contributed by atoms with Crippen LogP contribution in [-0.4, -0.2) is 80.1 Å². The Morgan fingerprint density at radius 1 is 1.10 bits per heavy atom. The Morgan fingerprint density at radius 3 is 2.42 bits per heavy atom. The number of aliphatic hydroxyl groups excluding tert-OH is 2. The molecule has 174 valence electrons. The minimum atomic E-state index is -5.31. The molecule has 1 fully saturated rings. The van der Waals surface area contributed by atoms with Crippen molar-refractivity contribution in [1.82, 2.24) is 19.5 Å². The molecule has 20 heteroatoms. The van der Waals surface area contributed by atoms with E-state index in [9.17, 15) is 33.7 Å². The van der Waals surface area contributed by atoms with E-state index in [0.717, 1.165) is 6.33 Å². The molecule has 2 aromatic rings. The van der Waals surface area contributed by atoms with Crippen molar-refractivity contribution >= 4 is 40.0 Å². The third kappa shape index (κ3) is 5.73. The van der Waals surface area contributed by atoms with E-state index in [1.54, 1.807) is 0 Å². The molecular weight excluding hydrogens is 487 g/mol. The summed E-state index contributed by atoms with van der Waals surface area (Å²) in [5.41, 5.74) is 6.04. The van der Waals surface area contributed by atoms with Gasteiger partial charge in [0, 0.05) is 0 Å². The maximum absolute atomic E-state index is 11.9. The third-order valence-corrected chi connectivity index (χ3v) is 9.22. The van der Waals surface area contributed by atoms with Crippen molar-refractivity contribution in [3.05, 3.63) is 12.7 Å². The maximum Gasteiger partial charge on any atom is 0.479 e. The van der Waals surface area contributed by atoms with Gasteiger partial charge in [-0.25, -0.2) is 23.8 Å². The Morgan fingerprint density at radius 2 is 1.77 bits per heavy atom. The first-order valence-electron chi connectivity index (χ1n) is 8.19. The van der Waals surface area contributed by atoms with E-state index in [1.807, 2.05) is 0 Å². The van der Waals surface area contributed by atoms with Gasteiger partial charge in [0.1, 0.15) is 30.2 Å². The second-order valence-corrected chi connectivity index (χ2v) is 12.0. The number of hydrogen-bond donors (Lipinski definition) is 7. The molecule has 0 spiro atoms.